The van der Waals surface area contributed by atoms with Crippen molar-refractivity contribution in [2.45, 2.75) is 78.1 Å². The van der Waals surface area contributed by atoms with Gasteiger partial charge in [0.25, 0.3) is 0 Å². The molecule has 7 heteroatoms. The first-order valence-corrected chi connectivity index (χ1v) is 15.0. The van der Waals surface area contributed by atoms with Crippen molar-refractivity contribution >= 4 is 8.60 Å². The molecule has 0 bridgehead atoms. The van der Waals surface area contributed by atoms with Crippen molar-refractivity contribution < 1.29 is 30.0 Å². The second kappa shape index (κ2) is 16.8. The molecule has 0 saturated heterocycles. The molecule has 0 spiro atoms. The molecule has 0 aromatic heterocycles. The molecule has 0 aliphatic carbocycles. The molecule has 3 rings (SSSR count). The molecule has 0 heterocycles. The molecular formula is C33H49O6P. The van der Waals surface area contributed by atoms with Crippen molar-refractivity contribution in [2.75, 3.05) is 13.2 Å². The molecule has 0 saturated carbocycles. The van der Waals surface area contributed by atoms with Crippen molar-refractivity contribution in [2.24, 2.45) is 5.41 Å². The van der Waals surface area contributed by atoms with Gasteiger partial charge < -0.3 is 30.0 Å². The van der Waals surface area contributed by atoms with Crippen LogP contribution >= 0.6 is 8.60 Å². The van der Waals surface area contributed by atoms with Crippen molar-refractivity contribution in [3.05, 3.63) is 101 Å². The summed E-state index contributed by atoms with van der Waals surface area (Å²) >= 11 is 0. The van der Waals surface area contributed by atoms with E-state index in [1.165, 1.54) is 16.7 Å². The zero-order valence-corrected chi connectivity index (χ0v) is 25.8. The average molecular weight is 573 g/mol. The van der Waals surface area contributed by atoms with Gasteiger partial charge in [0.2, 0.25) is 0 Å². The first-order valence-electron chi connectivity index (χ1n) is 13.8. The van der Waals surface area contributed by atoms with Crippen LogP contribution in [0.5, 0.6) is 5.75 Å². The third kappa shape index (κ3) is 10.3. The third-order valence-electron chi connectivity index (χ3n) is 7.86. The highest BCUT2D eigenvalue weighted by Gasteiger charge is 2.30. The summed E-state index contributed by atoms with van der Waals surface area (Å²) in [5, 5.41) is 28.7. The largest absolute Gasteiger partial charge is 0.508 e. The Bertz CT molecular complexity index is 1090. The van der Waals surface area contributed by atoms with E-state index in [1.807, 2.05) is 43.3 Å². The molecule has 40 heavy (non-hydrogen) atoms. The molecular weight excluding hydrogens is 523 g/mol. The van der Waals surface area contributed by atoms with Gasteiger partial charge in [0.05, 0.1) is 13.2 Å². The third-order valence-corrected chi connectivity index (χ3v) is 7.86. The Kier molecular flexibility index (Phi) is 15.0. The second-order valence-corrected chi connectivity index (χ2v) is 11.8. The molecule has 6 nitrogen and oxygen atoms in total. The fourth-order valence-electron chi connectivity index (χ4n) is 4.62. The minimum absolute atomic E-state index is 0.111. The molecule has 222 valence electrons. The summed E-state index contributed by atoms with van der Waals surface area (Å²) in [6.45, 7) is 13.1. The van der Waals surface area contributed by atoms with E-state index in [-0.39, 0.29) is 29.5 Å². The quantitative estimate of drug-likeness (QED) is 0.149. The van der Waals surface area contributed by atoms with Crippen LogP contribution in [0.1, 0.15) is 89.5 Å². The van der Waals surface area contributed by atoms with Crippen molar-refractivity contribution in [1.82, 2.24) is 0 Å². The molecule has 0 radical (unpaired) electrons. The number of phenolic OH excluding ortho intramolecular Hbond substituents is 1. The maximum atomic E-state index is 10.6. The summed E-state index contributed by atoms with van der Waals surface area (Å²) in [4.78, 5) is 21.7. The summed E-state index contributed by atoms with van der Waals surface area (Å²) < 4.78 is 0. The number of rotatable bonds is 10. The monoisotopic (exact) mass is 572 g/mol. The number of unbranched alkanes of at least 4 members (excludes halogenated alkanes) is 1. The molecule has 0 unspecified atom stereocenters. The van der Waals surface area contributed by atoms with E-state index in [9.17, 15) is 5.11 Å². The maximum Gasteiger partial charge on any atom is 0.324 e. The highest BCUT2D eigenvalue weighted by Crippen LogP contribution is 2.40. The molecule has 0 aliphatic rings. The average Bonchev–Trinajstić information content (AvgIpc) is 2.95. The van der Waals surface area contributed by atoms with Crippen LogP contribution in [0.15, 0.2) is 78.9 Å². The Morgan fingerprint density at radius 2 is 1.10 bits per heavy atom. The van der Waals surface area contributed by atoms with Gasteiger partial charge in [0, 0.05) is 21.8 Å². The van der Waals surface area contributed by atoms with E-state index >= 15 is 0 Å². The number of aliphatic hydroxyl groups is 2. The Balaban J connectivity index is 0.000000446. The van der Waals surface area contributed by atoms with Crippen LogP contribution in [0, 0.1) is 5.41 Å². The van der Waals surface area contributed by atoms with Gasteiger partial charge in [-0.15, -0.1) is 0 Å². The number of benzene rings is 3. The molecule has 0 aliphatic heterocycles. The van der Waals surface area contributed by atoms with E-state index in [4.69, 9.17) is 24.9 Å². The first kappa shape index (κ1) is 35.7. The molecule has 6 N–H and O–H groups in total. The molecule has 3 aromatic carbocycles. The number of hydrogen-bond acceptors (Lipinski definition) is 6. The van der Waals surface area contributed by atoms with Crippen molar-refractivity contribution in [1.29, 1.82) is 0 Å². The summed E-state index contributed by atoms with van der Waals surface area (Å²) in [5.74, 6) is 0.349. The van der Waals surface area contributed by atoms with Gasteiger partial charge in [-0.1, -0.05) is 127 Å². The predicted octanol–water partition coefficient (Wildman–Crippen LogP) is 6.79. The molecule has 0 atom stereocenters. The summed E-state index contributed by atoms with van der Waals surface area (Å²) in [7, 11) is -2.62. The van der Waals surface area contributed by atoms with Gasteiger partial charge >= 0.3 is 8.60 Å². The van der Waals surface area contributed by atoms with Gasteiger partial charge in [-0.05, 0) is 35.6 Å². The number of hydrogen-bond donors (Lipinski definition) is 6. The van der Waals surface area contributed by atoms with Crippen LogP contribution in [0.4, 0.5) is 0 Å². The van der Waals surface area contributed by atoms with Crippen LogP contribution in [-0.4, -0.2) is 43.2 Å². The fraction of sp³-hybridized carbons (Fsp3) is 0.455. The van der Waals surface area contributed by atoms with E-state index < -0.39 is 8.60 Å². The lowest BCUT2D eigenvalue weighted by Crippen LogP contribution is -2.28. The second-order valence-electron chi connectivity index (χ2n) is 11.3. The minimum atomic E-state index is -2.62. The zero-order valence-electron chi connectivity index (χ0n) is 24.9. The lowest BCUT2D eigenvalue weighted by atomic mass is 9.73. The normalized spacial score (nSPS) is 11.8. The van der Waals surface area contributed by atoms with Crippen molar-refractivity contribution in [3.8, 4) is 5.75 Å². The highest BCUT2D eigenvalue weighted by atomic mass is 31.2. The number of aliphatic hydroxyl groups excluding tert-OH is 2. The standard InChI is InChI=1S/C24H26O.C9H20O2.H3O3P/c1-23(2,18-11-7-5-8-12-18)20-15-16-22(25)21(17-20)24(3,4)19-13-9-6-10-14-19;1-3-5-6-9(4-2,7-10)8-11;1-4(2)3/h5-17,25H,1-4H3;10-11H,3-8H2,1-2H3;1-3H. The SMILES string of the molecule is CC(C)(c1ccccc1)c1ccc(O)c(C(C)(C)c2ccccc2)c1.CCCCC(CC)(CO)CO.OP(O)O. The van der Waals surface area contributed by atoms with Gasteiger partial charge in [0.1, 0.15) is 5.75 Å². The smallest absolute Gasteiger partial charge is 0.324 e. The number of aromatic hydroxyl groups is 1. The van der Waals surface area contributed by atoms with Crippen LogP contribution in [0.2, 0.25) is 0 Å². The van der Waals surface area contributed by atoms with E-state index in [0.29, 0.717) is 5.75 Å². The topological polar surface area (TPSA) is 121 Å². The Labute approximate surface area is 242 Å². The van der Waals surface area contributed by atoms with Crippen LogP contribution in [0.25, 0.3) is 0 Å². The Morgan fingerprint density at radius 3 is 1.50 bits per heavy atom. The van der Waals surface area contributed by atoms with Gasteiger partial charge in [-0.25, -0.2) is 0 Å². The molecule has 0 fully saturated rings. The molecule has 3 aromatic rings. The highest BCUT2D eigenvalue weighted by molar-refractivity contribution is 7.38. The van der Waals surface area contributed by atoms with Gasteiger partial charge in [0.15, 0.2) is 0 Å². The van der Waals surface area contributed by atoms with E-state index in [0.717, 1.165) is 31.2 Å². The van der Waals surface area contributed by atoms with Crippen LogP contribution in [-0.2, 0) is 10.8 Å². The van der Waals surface area contributed by atoms with Crippen LogP contribution in [0.3, 0.4) is 0 Å². The lowest BCUT2D eigenvalue weighted by molar-refractivity contribution is 0.0420. The maximum absolute atomic E-state index is 10.6. The number of phenols is 1. The minimum Gasteiger partial charge on any atom is -0.508 e. The van der Waals surface area contributed by atoms with E-state index in [1.54, 1.807) is 0 Å². The Morgan fingerprint density at radius 1 is 0.650 bits per heavy atom. The summed E-state index contributed by atoms with van der Waals surface area (Å²) in [6, 6.07) is 26.9. The Hall–Kier alpha value is -2.31. The van der Waals surface area contributed by atoms with E-state index in [2.05, 4.69) is 77.1 Å². The first-order chi connectivity index (χ1) is 18.8. The van der Waals surface area contributed by atoms with Crippen LogP contribution < -0.4 is 0 Å². The lowest BCUT2D eigenvalue weighted by Gasteiger charge is -2.31. The fourth-order valence-corrected chi connectivity index (χ4v) is 4.62. The summed E-state index contributed by atoms with van der Waals surface area (Å²) in [6.07, 6.45) is 4.02. The predicted molar refractivity (Wildman–Crippen MR) is 165 cm³/mol. The van der Waals surface area contributed by atoms with Gasteiger partial charge in [-0.2, -0.15) is 0 Å². The van der Waals surface area contributed by atoms with Gasteiger partial charge in [-0.3, -0.25) is 0 Å². The molecule has 0 amide bonds. The zero-order chi connectivity index (χ0) is 30.4. The van der Waals surface area contributed by atoms with Crippen molar-refractivity contribution in [3.63, 3.8) is 0 Å². The summed E-state index contributed by atoms with van der Waals surface area (Å²) in [5.41, 5.74) is 4.01.